The van der Waals surface area contributed by atoms with Gasteiger partial charge in [0.05, 0.1) is 11.2 Å². The van der Waals surface area contributed by atoms with Crippen molar-refractivity contribution in [1.82, 2.24) is 15.3 Å². The lowest BCUT2D eigenvalue weighted by Gasteiger charge is -2.18. The van der Waals surface area contributed by atoms with Crippen molar-refractivity contribution in [3.05, 3.63) is 94.3 Å². The van der Waals surface area contributed by atoms with Gasteiger partial charge in [0, 0.05) is 29.3 Å². The number of rotatable bonds is 6. The average molecular weight is 475 g/mol. The van der Waals surface area contributed by atoms with E-state index in [0.717, 1.165) is 46.3 Å². The molecule has 178 valence electrons. The molecule has 1 unspecified atom stereocenters. The zero-order chi connectivity index (χ0) is 25.3. The number of hydrogen-bond donors (Lipinski definition) is 2. The molecule has 0 radical (unpaired) electrons. The maximum Gasteiger partial charge on any atom is 0.326 e. The number of amides is 1. The molecule has 6 nitrogen and oxygen atoms in total. The van der Waals surface area contributed by atoms with Gasteiger partial charge in [-0.1, -0.05) is 30.3 Å². The fourth-order valence-electron chi connectivity index (χ4n) is 4.08. The Balaban J connectivity index is 1.72. The molecule has 1 amide bonds. The third-order valence-corrected chi connectivity index (χ3v) is 5.99. The smallest absolute Gasteiger partial charge is 0.326 e. The normalized spacial score (nSPS) is 11.9. The Labute approximate surface area is 200 Å². The fourth-order valence-corrected chi connectivity index (χ4v) is 4.08. The molecular weight excluding hydrogens is 452 g/mol. The summed E-state index contributed by atoms with van der Waals surface area (Å²) in [5, 5.41) is 12.7. The van der Waals surface area contributed by atoms with Crippen molar-refractivity contribution in [3.8, 4) is 11.3 Å². The van der Waals surface area contributed by atoms with Crippen molar-refractivity contribution in [2.75, 3.05) is 0 Å². The minimum atomic E-state index is -1.42. The molecule has 2 N–H and O–H groups in total. The van der Waals surface area contributed by atoms with E-state index in [2.05, 4.69) is 16.4 Å². The van der Waals surface area contributed by atoms with Crippen LogP contribution in [0.3, 0.4) is 0 Å². The van der Waals surface area contributed by atoms with Crippen LogP contribution in [0, 0.1) is 32.4 Å². The van der Waals surface area contributed by atoms with Crippen LogP contribution in [0.2, 0.25) is 0 Å². The third kappa shape index (κ3) is 4.73. The molecule has 0 aliphatic heterocycles. The van der Waals surface area contributed by atoms with Crippen LogP contribution < -0.4 is 5.32 Å². The monoisotopic (exact) mass is 475 g/mol. The summed E-state index contributed by atoms with van der Waals surface area (Å²) in [6.45, 7) is 5.89. The van der Waals surface area contributed by atoms with Crippen molar-refractivity contribution in [3.63, 3.8) is 0 Å². The standard InChI is InChI=1S/C27H23F2N3O3/c1-14-12-15(2)24(31-16(14)3)19-10-9-17(18-6-5-11-30-25(18)19)13-22(27(34)35)32-26(33)23-20(28)7-4-8-21(23)29/h4-12,22H,13H2,1-3H3,(H,32,33)(H,34,35). The second-order valence-corrected chi connectivity index (χ2v) is 8.39. The number of carbonyl (C=O) groups is 2. The second-order valence-electron chi connectivity index (χ2n) is 8.39. The lowest BCUT2D eigenvalue weighted by Crippen LogP contribution is -2.43. The number of fused-ring (bicyclic) bond motifs is 1. The summed E-state index contributed by atoms with van der Waals surface area (Å²) >= 11 is 0. The van der Waals surface area contributed by atoms with Gasteiger partial charge in [0.25, 0.3) is 5.91 Å². The number of aliphatic carboxylic acids is 1. The summed E-state index contributed by atoms with van der Waals surface area (Å²) in [5.74, 6) is -4.60. The number of nitrogens with zero attached hydrogens (tertiary/aromatic N) is 2. The molecule has 0 fully saturated rings. The quantitative estimate of drug-likeness (QED) is 0.413. The van der Waals surface area contributed by atoms with Gasteiger partial charge >= 0.3 is 5.97 Å². The maximum atomic E-state index is 14.0. The van der Waals surface area contributed by atoms with Crippen LogP contribution in [0.4, 0.5) is 8.78 Å². The largest absolute Gasteiger partial charge is 0.480 e. The van der Waals surface area contributed by atoms with Gasteiger partial charge in [0.2, 0.25) is 0 Å². The number of carbonyl (C=O) groups excluding carboxylic acids is 1. The van der Waals surface area contributed by atoms with E-state index in [1.54, 1.807) is 18.3 Å². The molecule has 0 bridgehead atoms. The van der Waals surface area contributed by atoms with Gasteiger partial charge in [-0.3, -0.25) is 14.8 Å². The summed E-state index contributed by atoms with van der Waals surface area (Å²) in [6.07, 6.45) is 1.53. The highest BCUT2D eigenvalue weighted by atomic mass is 19.1. The predicted octanol–water partition coefficient (Wildman–Crippen LogP) is 4.93. The Morgan fingerprint density at radius 1 is 1.00 bits per heavy atom. The van der Waals surface area contributed by atoms with Crippen LogP contribution in [0.1, 0.15) is 32.7 Å². The Morgan fingerprint density at radius 3 is 2.40 bits per heavy atom. The number of halogens is 2. The zero-order valence-electron chi connectivity index (χ0n) is 19.4. The number of hydrogen-bond acceptors (Lipinski definition) is 4. The van der Waals surface area contributed by atoms with E-state index in [0.29, 0.717) is 16.5 Å². The summed E-state index contributed by atoms with van der Waals surface area (Å²) in [5.41, 5.74) is 4.96. The highest BCUT2D eigenvalue weighted by Gasteiger charge is 2.26. The molecule has 8 heteroatoms. The first-order valence-corrected chi connectivity index (χ1v) is 11.0. The van der Waals surface area contributed by atoms with Gasteiger partial charge in [-0.05, 0) is 55.7 Å². The van der Waals surface area contributed by atoms with Crippen molar-refractivity contribution in [1.29, 1.82) is 0 Å². The lowest BCUT2D eigenvalue weighted by molar-refractivity contribution is -0.139. The van der Waals surface area contributed by atoms with Crippen molar-refractivity contribution >= 4 is 22.8 Å². The fraction of sp³-hybridized carbons (Fsp3) is 0.185. The molecule has 0 spiro atoms. The molecule has 4 rings (SSSR count). The summed E-state index contributed by atoms with van der Waals surface area (Å²) < 4.78 is 28.0. The zero-order valence-corrected chi connectivity index (χ0v) is 19.4. The first-order chi connectivity index (χ1) is 16.7. The molecule has 0 aliphatic rings. The van der Waals surface area contributed by atoms with Crippen molar-refractivity contribution in [2.24, 2.45) is 0 Å². The van der Waals surface area contributed by atoms with Crippen LogP contribution in [0.5, 0.6) is 0 Å². The second kappa shape index (κ2) is 9.58. The molecule has 1 atom stereocenters. The number of benzene rings is 2. The number of carboxylic acids is 1. The topological polar surface area (TPSA) is 92.2 Å². The summed E-state index contributed by atoms with van der Waals surface area (Å²) in [6, 6.07) is 10.8. The van der Waals surface area contributed by atoms with Crippen LogP contribution in [-0.2, 0) is 11.2 Å². The Morgan fingerprint density at radius 2 is 1.71 bits per heavy atom. The number of aromatic nitrogens is 2. The van der Waals surface area contributed by atoms with E-state index in [1.807, 2.05) is 32.9 Å². The van der Waals surface area contributed by atoms with Crippen LogP contribution in [0.25, 0.3) is 22.2 Å². The van der Waals surface area contributed by atoms with Crippen LogP contribution in [0.15, 0.2) is 54.7 Å². The van der Waals surface area contributed by atoms with Gasteiger partial charge in [-0.25, -0.2) is 13.6 Å². The molecular formula is C27H23F2N3O3. The number of nitrogens with one attached hydrogen (secondary N) is 1. The first kappa shape index (κ1) is 23.9. The van der Waals surface area contributed by atoms with Crippen molar-refractivity contribution in [2.45, 2.75) is 33.2 Å². The van der Waals surface area contributed by atoms with E-state index in [4.69, 9.17) is 4.98 Å². The molecule has 0 saturated heterocycles. The molecule has 4 aromatic rings. The highest BCUT2D eigenvalue weighted by molar-refractivity contribution is 5.98. The molecule has 35 heavy (non-hydrogen) atoms. The van der Waals surface area contributed by atoms with Gasteiger partial charge in [0.1, 0.15) is 23.2 Å². The minimum Gasteiger partial charge on any atom is -0.480 e. The maximum absolute atomic E-state index is 14.0. The molecule has 2 aromatic carbocycles. The Kier molecular flexibility index (Phi) is 6.55. The average Bonchev–Trinajstić information content (AvgIpc) is 2.81. The summed E-state index contributed by atoms with van der Waals surface area (Å²) in [4.78, 5) is 33.7. The van der Waals surface area contributed by atoms with Gasteiger partial charge < -0.3 is 10.4 Å². The number of aryl methyl sites for hydroxylation is 3. The first-order valence-electron chi connectivity index (χ1n) is 11.0. The third-order valence-electron chi connectivity index (χ3n) is 5.99. The SMILES string of the molecule is Cc1cc(C)c(-c2ccc(CC(NC(=O)c3c(F)cccc3F)C(=O)O)c3cccnc23)nc1C. The minimum absolute atomic E-state index is 0.112. The highest BCUT2D eigenvalue weighted by Crippen LogP contribution is 2.31. The van der Waals surface area contributed by atoms with E-state index < -0.39 is 35.1 Å². The lowest BCUT2D eigenvalue weighted by atomic mass is 9.95. The van der Waals surface area contributed by atoms with Gasteiger partial charge in [0.15, 0.2) is 0 Å². The molecule has 2 heterocycles. The summed E-state index contributed by atoms with van der Waals surface area (Å²) in [7, 11) is 0. The van der Waals surface area contributed by atoms with Crippen LogP contribution in [-0.4, -0.2) is 33.0 Å². The molecule has 0 saturated carbocycles. The predicted molar refractivity (Wildman–Crippen MR) is 128 cm³/mol. The molecule has 0 aliphatic carbocycles. The van der Waals surface area contributed by atoms with E-state index >= 15 is 0 Å². The Hall–Kier alpha value is -4.20. The molecule has 2 aromatic heterocycles. The van der Waals surface area contributed by atoms with Gasteiger partial charge in [-0.15, -0.1) is 0 Å². The van der Waals surface area contributed by atoms with E-state index in [9.17, 15) is 23.5 Å². The number of carboxylic acid groups (broad SMARTS) is 1. The van der Waals surface area contributed by atoms with E-state index in [-0.39, 0.29) is 6.42 Å². The number of pyridine rings is 2. The van der Waals surface area contributed by atoms with E-state index in [1.165, 1.54) is 0 Å². The van der Waals surface area contributed by atoms with Crippen LogP contribution >= 0.6 is 0 Å². The van der Waals surface area contributed by atoms with Crippen molar-refractivity contribution < 1.29 is 23.5 Å². The Bertz CT molecular complexity index is 1450. The van der Waals surface area contributed by atoms with Gasteiger partial charge in [-0.2, -0.15) is 0 Å².